The monoisotopic (exact) mass is 213 g/mol. The van der Waals surface area contributed by atoms with Gasteiger partial charge in [-0.15, -0.1) is 0 Å². The Balaban J connectivity index is 2.17. The van der Waals surface area contributed by atoms with Crippen LogP contribution in [0.3, 0.4) is 0 Å². The van der Waals surface area contributed by atoms with Gasteiger partial charge in [-0.1, -0.05) is 33.6 Å². The van der Waals surface area contributed by atoms with Crippen LogP contribution in [-0.4, -0.2) is 23.8 Å². The van der Waals surface area contributed by atoms with Crippen LogP contribution in [0.25, 0.3) is 0 Å². The Kier molecular flexibility index (Phi) is 5.62. The minimum Gasteiger partial charge on any atom is -0.392 e. The van der Waals surface area contributed by atoms with Gasteiger partial charge >= 0.3 is 0 Å². The summed E-state index contributed by atoms with van der Waals surface area (Å²) in [5.41, 5.74) is 0. The first-order valence-electron chi connectivity index (χ1n) is 6.51. The van der Waals surface area contributed by atoms with Crippen LogP contribution < -0.4 is 5.32 Å². The predicted octanol–water partition coefficient (Wildman–Crippen LogP) is 2.56. The van der Waals surface area contributed by atoms with E-state index in [1.807, 2.05) is 0 Å². The van der Waals surface area contributed by atoms with Gasteiger partial charge in [-0.25, -0.2) is 0 Å². The fraction of sp³-hybridized carbons (Fsp3) is 1.00. The van der Waals surface area contributed by atoms with Crippen molar-refractivity contribution in [3.63, 3.8) is 0 Å². The van der Waals surface area contributed by atoms with Crippen molar-refractivity contribution in [1.29, 1.82) is 0 Å². The standard InChI is InChI=1S/C13H27NO/c1-10(2)8-12(15)9-14-13-7-5-4-6-11(13)3/h10-15H,4-9H2,1-3H3. The van der Waals surface area contributed by atoms with Crippen molar-refractivity contribution in [2.45, 2.75) is 65.0 Å². The number of nitrogens with one attached hydrogen (secondary N) is 1. The van der Waals surface area contributed by atoms with E-state index in [9.17, 15) is 5.11 Å². The van der Waals surface area contributed by atoms with Crippen molar-refractivity contribution in [2.24, 2.45) is 11.8 Å². The van der Waals surface area contributed by atoms with Crippen LogP contribution >= 0.6 is 0 Å². The summed E-state index contributed by atoms with van der Waals surface area (Å²) < 4.78 is 0. The Morgan fingerprint density at radius 2 is 1.93 bits per heavy atom. The molecule has 15 heavy (non-hydrogen) atoms. The molecule has 1 saturated carbocycles. The molecule has 0 heterocycles. The highest BCUT2D eigenvalue weighted by molar-refractivity contribution is 4.79. The molecule has 1 aliphatic carbocycles. The lowest BCUT2D eigenvalue weighted by Crippen LogP contribution is -2.41. The van der Waals surface area contributed by atoms with Crippen LogP contribution in [0.15, 0.2) is 0 Å². The molecule has 0 spiro atoms. The second-order valence-corrected chi connectivity index (χ2v) is 5.56. The van der Waals surface area contributed by atoms with Crippen LogP contribution in [-0.2, 0) is 0 Å². The van der Waals surface area contributed by atoms with Gasteiger partial charge in [-0.05, 0) is 31.1 Å². The molecule has 1 rings (SSSR count). The maximum absolute atomic E-state index is 9.77. The molecule has 1 aliphatic rings. The molecule has 3 unspecified atom stereocenters. The molecule has 2 heteroatoms. The van der Waals surface area contributed by atoms with Gasteiger partial charge in [0.05, 0.1) is 6.10 Å². The summed E-state index contributed by atoms with van der Waals surface area (Å²) in [7, 11) is 0. The summed E-state index contributed by atoms with van der Waals surface area (Å²) in [6.45, 7) is 7.41. The van der Waals surface area contributed by atoms with E-state index >= 15 is 0 Å². The molecule has 2 nitrogen and oxygen atoms in total. The molecule has 90 valence electrons. The third kappa shape index (κ3) is 4.98. The van der Waals surface area contributed by atoms with Crippen molar-refractivity contribution < 1.29 is 5.11 Å². The third-order valence-electron chi connectivity index (χ3n) is 3.47. The van der Waals surface area contributed by atoms with E-state index in [0.29, 0.717) is 12.0 Å². The van der Waals surface area contributed by atoms with E-state index < -0.39 is 0 Å². The highest BCUT2D eigenvalue weighted by Gasteiger charge is 2.21. The highest BCUT2D eigenvalue weighted by Crippen LogP contribution is 2.23. The fourth-order valence-corrected chi connectivity index (χ4v) is 2.53. The average Bonchev–Trinajstić information content (AvgIpc) is 2.15. The lowest BCUT2D eigenvalue weighted by atomic mass is 9.86. The average molecular weight is 213 g/mol. The Hall–Kier alpha value is -0.0800. The maximum atomic E-state index is 9.77. The van der Waals surface area contributed by atoms with E-state index in [0.717, 1.165) is 18.9 Å². The summed E-state index contributed by atoms with van der Waals surface area (Å²) in [6.07, 6.45) is 6.11. The zero-order chi connectivity index (χ0) is 11.3. The predicted molar refractivity (Wildman–Crippen MR) is 64.9 cm³/mol. The first-order valence-corrected chi connectivity index (χ1v) is 6.51. The van der Waals surface area contributed by atoms with Crippen LogP contribution in [0.5, 0.6) is 0 Å². The fourth-order valence-electron chi connectivity index (χ4n) is 2.53. The Morgan fingerprint density at radius 1 is 1.27 bits per heavy atom. The van der Waals surface area contributed by atoms with E-state index in [-0.39, 0.29) is 6.10 Å². The van der Waals surface area contributed by atoms with Gasteiger partial charge in [0, 0.05) is 12.6 Å². The van der Waals surface area contributed by atoms with Gasteiger partial charge in [0.1, 0.15) is 0 Å². The van der Waals surface area contributed by atoms with E-state index in [1.54, 1.807) is 0 Å². The van der Waals surface area contributed by atoms with E-state index in [4.69, 9.17) is 0 Å². The molecule has 1 fully saturated rings. The topological polar surface area (TPSA) is 32.3 Å². The zero-order valence-electron chi connectivity index (χ0n) is 10.5. The van der Waals surface area contributed by atoms with E-state index in [2.05, 4.69) is 26.1 Å². The van der Waals surface area contributed by atoms with Gasteiger partial charge in [-0.2, -0.15) is 0 Å². The molecule has 2 N–H and O–H groups in total. The van der Waals surface area contributed by atoms with Crippen LogP contribution in [0.2, 0.25) is 0 Å². The summed E-state index contributed by atoms with van der Waals surface area (Å²) in [5.74, 6) is 1.37. The van der Waals surface area contributed by atoms with Gasteiger partial charge in [0.15, 0.2) is 0 Å². The zero-order valence-corrected chi connectivity index (χ0v) is 10.5. The minimum absolute atomic E-state index is 0.167. The van der Waals surface area contributed by atoms with Crippen LogP contribution in [0.4, 0.5) is 0 Å². The van der Waals surface area contributed by atoms with Gasteiger partial charge < -0.3 is 10.4 Å². The first kappa shape index (κ1) is 13.0. The van der Waals surface area contributed by atoms with Crippen LogP contribution in [0, 0.1) is 11.8 Å². The largest absolute Gasteiger partial charge is 0.392 e. The molecule has 0 aromatic heterocycles. The summed E-state index contributed by atoms with van der Waals surface area (Å²) in [6, 6.07) is 0.639. The molecule has 0 radical (unpaired) electrons. The smallest absolute Gasteiger partial charge is 0.0667 e. The molecular formula is C13H27NO. The normalized spacial score (nSPS) is 29.4. The molecule has 3 atom stereocenters. The molecule has 0 bridgehead atoms. The number of rotatable bonds is 5. The van der Waals surface area contributed by atoms with Crippen molar-refractivity contribution in [3.8, 4) is 0 Å². The van der Waals surface area contributed by atoms with E-state index in [1.165, 1.54) is 25.7 Å². The van der Waals surface area contributed by atoms with Gasteiger partial charge in [0.25, 0.3) is 0 Å². The molecule has 0 aromatic rings. The third-order valence-corrected chi connectivity index (χ3v) is 3.47. The Morgan fingerprint density at radius 3 is 2.53 bits per heavy atom. The summed E-state index contributed by atoms with van der Waals surface area (Å²) in [5, 5.41) is 13.3. The SMILES string of the molecule is CC(C)CC(O)CNC1CCCCC1C. The molecule has 0 saturated heterocycles. The lowest BCUT2D eigenvalue weighted by Gasteiger charge is -2.30. The molecule has 0 amide bonds. The van der Waals surface area contributed by atoms with Crippen molar-refractivity contribution >= 4 is 0 Å². The maximum Gasteiger partial charge on any atom is 0.0667 e. The highest BCUT2D eigenvalue weighted by atomic mass is 16.3. The minimum atomic E-state index is -0.167. The Bertz CT molecular complexity index is 170. The summed E-state index contributed by atoms with van der Waals surface area (Å²) in [4.78, 5) is 0. The second kappa shape index (κ2) is 6.49. The van der Waals surface area contributed by atoms with Crippen molar-refractivity contribution in [1.82, 2.24) is 5.32 Å². The van der Waals surface area contributed by atoms with Crippen LogP contribution in [0.1, 0.15) is 52.9 Å². The number of hydrogen-bond acceptors (Lipinski definition) is 2. The quantitative estimate of drug-likeness (QED) is 0.735. The molecular weight excluding hydrogens is 186 g/mol. The number of hydrogen-bond donors (Lipinski definition) is 2. The lowest BCUT2D eigenvalue weighted by molar-refractivity contribution is 0.134. The van der Waals surface area contributed by atoms with Gasteiger partial charge in [0.2, 0.25) is 0 Å². The molecule has 0 aliphatic heterocycles. The van der Waals surface area contributed by atoms with Crippen molar-refractivity contribution in [2.75, 3.05) is 6.54 Å². The molecule has 0 aromatic carbocycles. The Labute approximate surface area is 94.5 Å². The first-order chi connectivity index (χ1) is 7.09. The van der Waals surface area contributed by atoms with Crippen molar-refractivity contribution in [3.05, 3.63) is 0 Å². The number of aliphatic hydroxyl groups is 1. The van der Waals surface area contributed by atoms with Gasteiger partial charge in [-0.3, -0.25) is 0 Å². The summed E-state index contributed by atoms with van der Waals surface area (Å²) >= 11 is 0. The second-order valence-electron chi connectivity index (χ2n) is 5.56. The number of aliphatic hydroxyl groups excluding tert-OH is 1.